The Bertz CT molecular complexity index is 699. The molecule has 1 amide bonds. The normalized spacial score (nSPS) is 16.4. The molecule has 3 N–H and O–H groups in total. The molecule has 0 aromatic heterocycles. The predicted molar refractivity (Wildman–Crippen MR) is 121 cm³/mol. The lowest BCUT2D eigenvalue weighted by Gasteiger charge is -2.41. The van der Waals surface area contributed by atoms with Crippen LogP contribution in [-0.2, 0) is 6.54 Å². The van der Waals surface area contributed by atoms with Crippen LogP contribution >= 0.6 is 0 Å². The SMILES string of the molecule is CN=C(NCc1cccc(C(=O)NC(C)(C)C)c1)NCC(C)(C)N1CCCCC1. The lowest BCUT2D eigenvalue weighted by atomic mass is 9.98. The Kier molecular flexibility index (Phi) is 8.08. The van der Waals surface area contributed by atoms with E-state index in [0.29, 0.717) is 12.1 Å². The minimum Gasteiger partial charge on any atom is -0.355 e. The highest BCUT2D eigenvalue weighted by Gasteiger charge is 2.27. The van der Waals surface area contributed by atoms with Crippen molar-refractivity contribution in [3.63, 3.8) is 0 Å². The maximum absolute atomic E-state index is 12.4. The Morgan fingerprint density at radius 2 is 1.76 bits per heavy atom. The van der Waals surface area contributed by atoms with Crippen LogP contribution < -0.4 is 16.0 Å². The zero-order chi connectivity index (χ0) is 21.5. The fourth-order valence-electron chi connectivity index (χ4n) is 3.55. The topological polar surface area (TPSA) is 68.8 Å². The van der Waals surface area contributed by atoms with E-state index in [4.69, 9.17) is 0 Å². The highest BCUT2D eigenvalue weighted by Crippen LogP contribution is 2.19. The van der Waals surface area contributed by atoms with E-state index in [1.807, 2.05) is 45.0 Å². The first-order chi connectivity index (χ1) is 13.6. The zero-order valence-electron chi connectivity index (χ0n) is 19.1. The van der Waals surface area contributed by atoms with Gasteiger partial charge >= 0.3 is 0 Å². The number of amides is 1. The van der Waals surface area contributed by atoms with Crippen LogP contribution in [0.2, 0.25) is 0 Å². The molecule has 1 aromatic carbocycles. The van der Waals surface area contributed by atoms with E-state index in [1.54, 1.807) is 7.05 Å². The van der Waals surface area contributed by atoms with Gasteiger partial charge in [0.25, 0.3) is 5.91 Å². The molecule has 0 unspecified atom stereocenters. The van der Waals surface area contributed by atoms with Crippen molar-refractivity contribution in [2.24, 2.45) is 4.99 Å². The standard InChI is InChI=1S/C23H39N5O/c1-22(2,3)27-20(29)19-12-10-11-18(15-19)16-25-21(24-6)26-17-23(4,5)28-13-8-7-9-14-28/h10-12,15H,7-9,13-14,16-17H2,1-6H3,(H,27,29)(H2,24,25,26). The van der Waals surface area contributed by atoms with Gasteiger partial charge in [0, 0.05) is 36.8 Å². The van der Waals surface area contributed by atoms with E-state index in [1.165, 1.54) is 32.4 Å². The van der Waals surface area contributed by atoms with Crippen molar-refractivity contribution in [1.82, 2.24) is 20.9 Å². The quantitative estimate of drug-likeness (QED) is 0.506. The number of piperidine rings is 1. The molecule has 29 heavy (non-hydrogen) atoms. The van der Waals surface area contributed by atoms with Gasteiger partial charge in [-0.2, -0.15) is 0 Å². The van der Waals surface area contributed by atoms with Gasteiger partial charge in [0.2, 0.25) is 0 Å². The van der Waals surface area contributed by atoms with Crippen molar-refractivity contribution >= 4 is 11.9 Å². The summed E-state index contributed by atoms with van der Waals surface area (Å²) in [6.45, 7) is 14.3. The van der Waals surface area contributed by atoms with Gasteiger partial charge in [-0.25, -0.2) is 0 Å². The number of benzene rings is 1. The second-order valence-corrected chi connectivity index (χ2v) is 9.54. The van der Waals surface area contributed by atoms with E-state index in [2.05, 4.69) is 39.7 Å². The third-order valence-electron chi connectivity index (χ3n) is 5.26. The first kappa shape index (κ1) is 23.2. The van der Waals surface area contributed by atoms with Gasteiger partial charge < -0.3 is 16.0 Å². The maximum Gasteiger partial charge on any atom is 0.251 e. The van der Waals surface area contributed by atoms with Crippen LogP contribution in [0.3, 0.4) is 0 Å². The fraction of sp³-hybridized carbons (Fsp3) is 0.652. The summed E-state index contributed by atoms with van der Waals surface area (Å²) in [5, 5.41) is 9.83. The number of guanidine groups is 1. The first-order valence-corrected chi connectivity index (χ1v) is 10.7. The van der Waals surface area contributed by atoms with Gasteiger partial charge in [0.05, 0.1) is 0 Å². The minimum absolute atomic E-state index is 0.0508. The molecule has 1 aliphatic heterocycles. The summed E-state index contributed by atoms with van der Waals surface area (Å²) < 4.78 is 0. The maximum atomic E-state index is 12.4. The monoisotopic (exact) mass is 401 g/mol. The number of hydrogen-bond acceptors (Lipinski definition) is 3. The van der Waals surface area contributed by atoms with Crippen molar-refractivity contribution in [1.29, 1.82) is 0 Å². The molecule has 0 aliphatic carbocycles. The van der Waals surface area contributed by atoms with Gasteiger partial charge in [-0.15, -0.1) is 0 Å². The summed E-state index contributed by atoms with van der Waals surface area (Å²) in [5.41, 5.74) is 1.56. The highest BCUT2D eigenvalue weighted by atomic mass is 16.1. The Hall–Kier alpha value is -2.08. The minimum atomic E-state index is -0.252. The lowest BCUT2D eigenvalue weighted by Crippen LogP contribution is -2.54. The van der Waals surface area contributed by atoms with Crippen molar-refractivity contribution in [2.45, 2.75) is 71.5 Å². The zero-order valence-corrected chi connectivity index (χ0v) is 19.1. The predicted octanol–water partition coefficient (Wildman–Crippen LogP) is 3.14. The molecule has 6 nitrogen and oxygen atoms in total. The molecule has 2 rings (SSSR count). The smallest absolute Gasteiger partial charge is 0.251 e. The largest absolute Gasteiger partial charge is 0.355 e. The van der Waals surface area contributed by atoms with Crippen LogP contribution in [0.5, 0.6) is 0 Å². The van der Waals surface area contributed by atoms with Gasteiger partial charge in [0.1, 0.15) is 0 Å². The molecule has 1 fully saturated rings. The molecule has 162 valence electrons. The highest BCUT2D eigenvalue weighted by molar-refractivity contribution is 5.94. The van der Waals surface area contributed by atoms with Crippen LogP contribution in [0.4, 0.5) is 0 Å². The molecule has 0 saturated carbocycles. The summed E-state index contributed by atoms with van der Waals surface area (Å²) in [6.07, 6.45) is 3.92. The Labute approximate surface area is 176 Å². The molecule has 1 aliphatic rings. The second-order valence-electron chi connectivity index (χ2n) is 9.54. The summed E-state index contributed by atoms with van der Waals surface area (Å²) in [6, 6.07) is 7.72. The lowest BCUT2D eigenvalue weighted by molar-refractivity contribution is 0.0919. The van der Waals surface area contributed by atoms with Crippen molar-refractivity contribution in [3.05, 3.63) is 35.4 Å². The van der Waals surface area contributed by atoms with Gasteiger partial charge in [0.15, 0.2) is 5.96 Å². The first-order valence-electron chi connectivity index (χ1n) is 10.7. The molecule has 1 saturated heterocycles. The molecule has 1 heterocycles. The molecule has 0 atom stereocenters. The molecular formula is C23H39N5O. The summed E-state index contributed by atoms with van der Waals surface area (Å²) in [7, 11) is 1.79. The second kappa shape index (κ2) is 10.1. The molecule has 1 aromatic rings. The van der Waals surface area contributed by atoms with Gasteiger partial charge in [-0.1, -0.05) is 18.6 Å². The van der Waals surface area contributed by atoms with E-state index < -0.39 is 0 Å². The number of hydrogen-bond donors (Lipinski definition) is 3. The number of carbonyl (C=O) groups is 1. The number of rotatable bonds is 6. The fourth-order valence-corrected chi connectivity index (χ4v) is 3.55. The third-order valence-corrected chi connectivity index (χ3v) is 5.26. The average Bonchev–Trinajstić information content (AvgIpc) is 2.68. The van der Waals surface area contributed by atoms with Gasteiger partial charge in [-0.05, 0) is 78.2 Å². The van der Waals surface area contributed by atoms with Crippen molar-refractivity contribution in [2.75, 3.05) is 26.7 Å². The van der Waals surface area contributed by atoms with Crippen LogP contribution in [0.15, 0.2) is 29.3 Å². The molecule has 0 spiro atoms. The van der Waals surface area contributed by atoms with Crippen LogP contribution in [0, 0.1) is 0 Å². The van der Waals surface area contributed by atoms with Crippen molar-refractivity contribution < 1.29 is 4.79 Å². The molecular weight excluding hydrogens is 362 g/mol. The Morgan fingerprint density at radius 3 is 2.38 bits per heavy atom. The van der Waals surface area contributed by atoms with Crippen molar-refractivity contribution in [3.8, 4) is 0 Å². The number of aliphatic imine (C=N–C) groups is 1. The molecule has 6 heteroatoms. The van der Waals surface area contributed by atoms with E-state index in [9.17, 15) is 4.79 Å². The number of carbonyl (C=O) groups excluding carboxylic acids is 1. The van der Waals surface area contributed by atoms with Crippen LogP contribution in [0.1, 0.15) is 69.8 Å². The van der Waals surface area contributed by atoms with Crippen LogP contribution in [0.25, 0.3) is 0 Å². The van der Waals surface area contributed by atoms with E-state index in [-0.39, 0.29) is 17.0 Å². The van der Waals surface area contributed by atoms with Gasteiger partial charge in [-0.3, -0.25) is 14.7 Å². The van der Waals surface area contributed by atoms with E-state index >= 15 is 0 Å². The summed E-state index contributed by atoms with van der Waals surface area (Å²) in [4.78, 5) is 19.3. The Balaban J connectivity index is 1.89. The molecule has 0 radical (unpaired) electrons. The summed E-state index contributed by atoms with van der Waals surface area (Å²) >= 11 is 0. The van der Waals surface area contributed by atoms with Crippen LogP contribution in [-0.4, -0.2) is 54.5 Å². The average molecular weight is 402 g/mol. The number of nitrogens with zero attached hydrogens (tertiary/aromatic N) is 2. The number of likely N-dealkylation sites (tertiary alicyclic amines) is 1. The third kappa shape index (κ3) is 7.69. The number of nitrogens with one attached hydrogen (secondary N) is 3. The molecule has 0 bridgehead atoms. The summed E-state index contributed by atoms with van der Waals surface area (Å²) in [5.74, 6) is 0.727. The van der Waals surface area contributed by atoms with E-state index in [0.717, 1.165) is 18.1 Å². The Morgan fingerprint density at radius 1 is 1.07 bits per heavy atom.